The second kappa shape index (κ2) is 12.4. The molecule has 38 heavy (non-hydrogen) atoms. The predicted molar refractivity (Wildman–Crippen MR) is 151 cm³/mol. The monoisotopic (exact) mass is 573 g/mol. The first-order chi connectivity index (χ1) is 18.3. The number of aliphatic carboxylic acids is 1. The highest BCUT2D eigenvalue weighted by molar-refractivity contribution is 9.10. The molecule has 4 aromatic rings. The molecule has 0 saturated carbocycles. The molecule has 0 aliphatic carbocycles. The largest absolute Gasteiger partial charge is 0.490 e. The summed E-state index contributed by atoms with van der Waals surface area (Å²) in [6, 6.07) is 28.8. The first-order valence-corrected chi connectivity index (χ1v) is 13.0. The van der Waals surface area contributed by atoms with Crippen LogP contribution in [0.5, 0.6) is 17.2 Å². The number of rotatable bonds is 10. The lowest BCUT2D eigenvalue weighted by molar-refractivity contribution is -0.139. The number of hydrogen-bond donors (Lipinski definition) is 2. The highest BCUT2D eigenvalue weighted by Gasteiger charge is 2.23. The minimum absolute atomic E-state index is 0.123. The molecule has 1 amide bonds. The summed E-state index contributed by atoms with van der Waals surface area (Å²) in [4.78, 5) is 25.1. The van der Waals surface area contributed by atoms with Crippen molar-refractivity contribution in [2.45, 2.75) is 32.4 Å². The normalized spacial score (nSPS) is 11.6. The van der Waals surface area contributed by atoms with E-state index in [1.807, 2.05) is 92.7 Å². The summed E-state index contributed by atoms with van der Waals surface area (Å²) in [6.45, 7) is 3.72. The van der Waals surface area contributed by atoms with Crippen LogP contribution in [0.3, 0.4) is 0 Å². The lowest BCUT2D eigenvalue weighted by Crippen LogP contribution is -2.42. The fourth-order valence-corrected chi connectivity index (χ4v) is 4.30. The summed E-state index contributed by atoms with van der Waals surface area (Å²) in [6.07, 6.45) is -0.0162. The lowest BCUT2D eigenvalue weighted by Gasteiger charge is -2.18. The molecule has 194 valence electrons. The number of amides is 1. The van der Waals surface area contributed by atoms with Gasteiger partial charge in [0.05, 0.1) is 11.7 Å². The molecule has 0 fully saturated rings. The predicted octanol–water partition coefficient (Wildman–Crippen LogP) is 7.12. The summed E-state index contributed by atoms with van der Waals surface area (Å²) in [5.41, 5.74) is 2.89. The van der Waals surface area contributed by atoms with Crippen molar-refractivity contribution in [1.29, 1.82) is 0 Å². The average Bonchev–Trinajstić information content (AvgIpc) is 2.90. The maximum Gasteiger partial charge on any atom is 0.326 e. The SMILES string of the molecule is CC(C)Oc1ccc(Br)cc1C(=O)NC(Cc1ccc(-c2ccccc2Oc2ccccc2)cc1)C(=O)O. The third-order valence-electron chi connectivity index (χ3n) is 5.72. The third-order valence-corrected chi connectivity index (χ3v) is 6.21. The summed E-state index contributed by atoms with van der Waals surface area (Å²) >= 11 is 3.37. The Hall–Kier alpha value is -4.10. The van der Waals surface area contributed by atoms with E-state index in [1.165, 1.54) is 0 Å². The van der Waals surface area contributed by atoms with E-state index >= 15 is 0 Å². The summed E-state index contributed by atoms with van der Waals surface area (Å²) in [5, 5.41) is 12.5. The van der Waals surface area contributed by atoms with Gasteiger partial charge in [0.25, 0.3) is 5.91 Å². The Balaban J connectivity index is 1.50. The van der Waals surface area contributed by atoms with Crippen LogP contribution >= 0.6 is 15.9 Å². The zero-order valence-corrected chi connectivity index (χ0v) is 22.6. The van der Waals surface area contributed by atoms with Crippen molar-refractivity contribution in [2.24, 2.45) is 0 Å². The van der Waals surface area contributed by atoms with Gasteiger partial charge in [-0.1, -0.05) is 76.6 Å². The molecule has 0 bridgehead atoms. The maximum absolute atomic E-state index is 13.0. The van der Waals surface area contributed by atoms with Crippen LogP contribution in [0.25, 0.3) is 11.1 Å². The number of carbonyl (C=O) groups excluding carboxylic acids is 1. The van der Waals surface area contributed by atoms with Gasteiger partial charge >= 0.3 is 5.97 Å². The highest BCUT2D eigenvalue weighted by atomic mass is 79.9. The van der Waals surface area contributed by atoms with Gasteiger partial charge in [-0.2, -0.15) is 0 Å². The smallest absolute Gasteiger partial charge is 0.326 e. The molecule has 0 saturated heterocycles. The van der Waals surface area contributed by atoms with Gasteiger partial charge in [0.15, 0.2) is 0 Å². The van der Waals surface area contributed by atoms with E-state index in [2.05, 4.69) is 21.2 Å². The van der Waals surface area contributed by atoms with Gasteiger partial charge in [-0.15, -0.1) is 0 Å². The second-order valence-corrected chi connectivity index (χ2v) is 9.90. The highest BCUT2D eigenvalue weighted by Crippen LogP contribution is 2.33. The van der Waals surface area contributed by atoms with Crippen LogP contribution in [-0.4, -0.2) is 29.1 Å². The van der Waals surface area contributed by atoms with Crippen LogP contribution in [0.1, 0.15) is 29.8 Å². The van der Waals surface area contributed by atoms with Crippen LogP contribution in [0, 0.1) is 0 Å². The van der Waals surface area contributed by atoms with Crippen molar-refractivity contribution in [3.63, 3.8) is 0 Å². The van der Waals surface area contributed by atoms with Gasteiger partial charge in [-0.05, 0) is 61.4 Å². The maximum atomic E-state index is 13.0. The molecule has 0 aromatic heterocycles. The van der Waals surface area contributed by atoms with Crippen LogP contribution < -0.4 is 14.8 Å². The van der Waals surface area contributed by atoms with Gasteiger partial charge in [0.1, 0.15) is 23.3 Å². The Morgan fingerprint density at radius 1 is 0.868 bits per heavy atom. The van der Waals surface area contributed by atoms with E-state index in [0.29, 0.717) is 10.2 Å². The van der Waals surface area contributed by atoms with Crippen molar-refractivity contribution in [3.8, 4) is 28.4 Å². The van der Waals surface area contributed by atoms with Crippen LogP contribution in [-0.2, 0) is 11.2 Å². The molecule has 0 aliphatic rings. The number of benzene rings is 4. The first-order valence-electron chi connectivity index (χ1n) is 12.2. The molecule has 2 N–H and O–H groups in total. The molecule has 0 radical (unpaired) electrons. The molecule has 6 nitrogen and oxygen atoms in total. The standard InChI is InChI=1S/C31H28BrNO5/c1-20(2)37-29-17-16-23(32)19-26(29)30(34)33-27(31(35)36)18-21-12-14-22(15-13-21)25-10-6-7-11-28(25)38-24-8-4-3-5-9-24/h3-17,19-20,27H,18H2,1-2H3,(H,33,34)(H,35,36). The zero-order valence-electron chi connectivity index (χ0n) is 21.1. The van der Waals surface area contributed by atoms with Crippen LogP contribution in [0.15, 0.2) is 102 Å². The molecule has 1 unspecified atom stereocenters. The fraction of sp³-hybridized carbons (Fsp3) is 0.161. The summed E-state index contributed by atoms with van der Waals surface area (Å²) in [5.74, 6) is 0.216. The van der Waals surface area contributed by atoms with Gasteiger partial charge < -0.3 is 19.9 Å². The van der Waals surface area contributed by atoms with Crippen molar-refractivity contribution in [3.05, 3.63) is 113 Å². The van der Waals surface area contributed by atoms with Crippen molar-refractivity contribution in [2.75, 3.05) is 0 Å². The Bertz CT molecular complexity index is 1400. The van der Waals surface area contributed by atoms with Gasteiger partial charge in [0, 0.05) is 16.5 Å². The number of hydrogen-bond acceptors (Lipinski definition) is 4. The lowest BCUT2D eigenvalue weighted by atomic mass is 9.99. The number of halogens is 1. The summed E-state index contributed by atoms with van der Waals surface area (Å²) in [7, 11) is 0. The van der Waals surface area contributed by atoms with E-state index in [4.69, 9.17) is 9.47 Å². The molecule has 1 atom stereocenters. The molecule has 7 heteroatoms. The van der Waals surface area contributed by atoms with Crippen molar-refractivity contribution in [1.82, 2.24) is 5.32 Å². The fourth-order valence-electron chi connectivity index (χ4n) is 3.94. The number of ether oxygens (including phenoxy) is 2. The molecule has 0 heterocycles. The van der Waals surface area contributed by atoms with Crippen LogP contribution in [0.4, 0.5) is 0 Å². The molecule has 0 aliphatic heterocycles. The Morgan fingerprint density at radius 2 is 1.55 bits per heavy atom. The van der Waals surface area contributed by atoms with Gasteiger partial charge in [-0.25, -0.2) is 4.79 Å². The minimum Gasteiger partial charge on any atom is -0.490 e. The third kappa shape index (κ3) is 7.01. The van der Waals surface area contributed by atoms with Gasteiger partial charge in [0.2, 0.25) is 0 Å². The van der Waals surface area contributed by atoms with Crippen molar-refractivity contribution >= 4 is 27.8 Å². The first kappa shape index (κ1) is 26.9. The average molecular weight is 574 g/mol. The van der Waals surface area contributed by atoms with E-state index in [0.717, 1.165) is 28.2 Å². The van der Waals surface area contributed by atoms with Crippen molar-refractivity contribution < 1.29 is 24.2 Å². The van der Waals surface area contributed by atoms with Crippen LogP contribution in [0.2, 0.25) is 0 Å². The Morgan fingerprint density at radius 3 is 2.24 bits per heavy atom. The summed E-state index contributed by atoms with van der Waals surface area (Å²) < 4.78 is 12.5. The van der Waals surface area contributed by atoms with E-state index in [-0.39, 0.29) is 18.1 Å². The second-order valence-electron chi connectivity index (χ2n) is 8.98. The quantitative estimate of drug-likeness (QED) is 0.211. The zero-order chi connectivity index (χ0) is 27.1. The molecule has 0 spiro atoms. The number of carboxylic acids is 1. The number of carboxylic acid groups (broad SMARTS) is 1. The number of nitrogens with one attached hydrogen (secondary N) is 1. The Labute approximate surface area is 230 Å². The molecular weight excluding hydrogens is 546 g/mol. The number of carbonyl (C=O) groups is 2. The van der Waals surface area contributed by atoms with Gasteiger partial charge in [-0.3, -0.25) is 4.79 Å². The minimum atomic E-state index is -1.12. The Kier molecular flexibility index (Phi) is 8.81. The number of para-hydroxylation sites is 2. The molecular formula is C31H28BrNO5. The van der Waals surface area contributed by atoms with E-state index < -0.39 is 17.9 Å². The van der Waals surface area contributed by atoms with E-state index in [1.54, 1.807) is 18.2 Å². The topological polar surface area (TPSA) is 84.9 Å². The van der Waals surface area contributed by atoms with E-state index in [9.17, 15) is 14.7 Å². The molecule has 4 rings (SSSR count). The molecule has 4 aromatic carbocycles.